The topological polar surface area (TPSA) is 0 Å². The van der Waals surface area contributed by atoms with Crippen molar-refractivity contribution in [1.82, 2.24) is 0 Å². The van der Waals surface area contributed by atoms with Crippen LogP contribution < -0.4 is 51.4 Å². The molecule has 0 bridgehead atoms. The summed E-state index contributed by atoms with van der Waals surface area (Å²) < 4.78 is 32.5. The maximum absolute atomic E-state index is 11.2. The van der Waals surface area contributed by atoms with Gasteiger partial charge in [0.2, 0.25) is 0 Å². The molecule has 0 saturated heterocycles. The van der Waals surface area contributed by atoms with Crippen molar-refractivity contribution in [3.05, 3.63) is 0 Å². The van der Waals surface area contributed by atoms with Gasteiger partial charge in [-0.2, -0.15) is 0 Å². The van der Waals surface area contributed by atoms with Crippen molar-refractivity contribution in [3.8, 4) is 0 Å². The number of rotatable bonds is 1. The molecule has 0 unspecified atom stereocenters. The van der Waals surface area contributed by atoms with Crippen LogP contribution in [0.15, 0.2) is 0 Å². The largest absolute Gasteiger partial charge is 1.00 e. The summed E-state index contributed by atoms with van der Waals surface area (Å²) in [6.07, 6.45) is 0. The van der Waals surface area contributed by atoms with Crippen LogP contribution in [0.25, 0.3) is 0 Å². The fourth-order valence-corrected chi connectivity index (χ4v) is 0. The van der Waals surface area contributed by atoms with Crippen LogP contribution >= 0.6 is 45.2 Å². The monoisotopic (exact) mass is 374 g/mol. The summed E-state index contributed by atoms with van der Waals surface area (Å²) in [6.45, 7) is -4.58. The maximum atomic E-state index is 11.2. The minimum atomic E-state index is -4.58. The normalized spacial score (nSPS) is 11.2. The second-order valence-corrected chi connectivity index (χ2v) is 6.03. The average molecular weight is 374 g/mol. The Labute approximate surface area is 115 Å². The van der Waals surface area contributed by atoms with E-state index in [1.54, 1.807) is 0 Å². The molecule has 0 saturated carbocycles. The number of hydrogen-bond acceptors (Lipinski definition) is 0. The summed E-state index contributed by atoms with van der Waals surface area (Å²) in [6, 6.07) is 0. The molecule has 0 aliphatic heterocycles. The smallest absolute Gasteiger partial charge is 0.448 e. The molecule has 0 aromatic heterocycles. The Morgan fingerprint density at radius 2 is 1.25 bits per heavy atom. The first-order chi connectivity index (χ1) is 2.94. The van der Waals surface area contributed by atoms with Gasteiger partial charge in [0.15, 0.2) is 0 Å². The van der Waals surface area contributed by atoms with Crippen LogP contribution in [0, 0.1) is 0 Å². The third kappa shape index (κ3) is 7.06. The summed E-state index contributed by atoms with van der Waals surface area (Å²) in [4.78, 5) is 0. The van der Waals surface area contributed by atoms with E-state index < -0.39 is 8.81 Å². The van der Waals surface area contributed by atoms with Gasteiger partial charge < -0.3 is 12.9 Å². The Balaban J connectivity index is 0. The molecule has 0 aliphatic rings. The fourth-order valence-electron chi connectivity index (χ4n) is 0. The summed E-state index contributed by atoms with van der Waals surface area (Å²) in [5.41, 5.74) is 0. The van der Waals surface area contributed by atoms with Crippen LogP contribution in [-0.2, 0) is 0 Å². The van der Waals surface area contributed by atoms with Gasteiger partial charge in [-0.15, -0.1) is 45.2 Å². The zero-order valence-corrected chi connectivity index (χ0v) is 11.5. The Kier molecular flexibility index (Phi) is 9.44. The second-order valence-electron chi connectivity index (χ2n) is 0.960. The van der Waals surface area contributed by atoms with Crippen LogP contribution in [0.5, 0.6) is 0 Å². The van der Waals surface area contributed by atoms with Gasteiger partial charge in [-0.05, 0) is 0 Å². The van der Waals surface area contributed by atoms with Crippen molar-refractivity contribution in [1.29, 1.82) is 0 Å². The van der Waals surface area contributed by atoms with Crippen molar-refractivity contribution in [3.63, 3.8) is 0 Å². The van der Waals surface area contributed by atoms with Crippen LogP contribution in [-0.4, -0.2) is 8.81 Å². The molecule has 0 amide bonds. The van der Waals surface area contributed by atoms with Gasteiger partial charge >= 0.3 is 58.4 Å². The predicted octanol–water partition coefficient (Wildman–Crippen LogP) is -0.427. The van der Waals surface area contributed by atoms with Crippen LogP contribution in [0.3, 0.4) is 0 Å². The van der Waals surface area contributed by atoms with Gasteiger partial charge in [0.1, 0.15) is 0 Å². The van der Waals surface area contributed by atoms with Gasteiger partial charge in [-0.1, -0.05) is 0 Å². The molecule has 0 heterocycles. The first-order valence-corrected chi connectivity index (χ1v) is 3.92. The van der Waals surface area contributed by atoms with E-state index in [0.29, 0.717) is 0 Å². The zero-order valence-electron chi connectivity index (χ0n) is 4.04. The van der Waals surface area contributed by atoms with Gasteiger partial charge in [0.25, 0.3) is 0 Å². The number of hydrogen-bond donors (Lipinski definition) is 0. The van der Waals surface area contributed by atoms with Crippen molar-refractivity contribution in [2.45, 2.75) is 1.83 Å². The molecule has 0 rings (SSSR count). The van der Waals surface area contributed by atoms with Crippen molar-refractivity contribution in [2.75, 3.05) is 0 Å². The van der Waals surface area contributed by atoms with Crippen LogP contribution in [0.4, 0.5) is 12.9 Å². The summed E-state index contributed by atoms with van der Waals surface area (Å²) in [7, 11) is 0. The Hall–Kier alpha value is 2.95. The van der Waals surface area contributed by atoms with Gasteiger partial charge in [-0.25, -0.2) is 0 Å². The zero-order chi connectivity index (χ0) is 6.08. The van der Waals surface area contributed by atoms with Crippen molar-refractivity contribution >= 4 is 52.2 Å². The van der Waals surface area contributed by atoms with Gasteiger partial charge in [0.05, 0.1) is 0 Å². The molecular formula is CHBF3I2K. The average Bonchev–Trinajstić information content (AvgIpc) is 1.31. The molecule has 0 aromatic carbocycles. The molecule has 0 nitrogen and oxygen atoms in total. The summed E-state index contributed by atoms with van der Waals surface area (Å²) in [5, 5.41) is 0. The van der Waals surface area contributed by atoms with Crippen molar-refractivity contribution in [2.24, 2.45) is 0 Å². The summed E-state index contributed by atoms with van der Waals surface area (Å²) in [5.74, 6) is 0. The third-order valence-electron chi connectivity index (χ3n) is 0.286. The minimum absolute atomic E-state index is 0. The molecule has 8 heavy (non-hydrogen) atoms. The van der Waals surface area contributed by atoms with Gasteiger partial charge in [0, 0.05) is 1.83 Å². The SMILES string of the molecule is F[B-](F)(F)C(I)I.[K+]. The molecule has 0 spiro atoms. The summed E-state index contributed by atoms with van der Waals surface area (Å²) >= 11 is 2.68. The molecule has 0 N–H and O–H groups in total. The second kappa shape index (κ2) is 5.58. The molecule has 0 fully saturated rings. The van der Waals surface area contributed by atoms with E-state index in [4.69, 9.17) is 0 Å². The minimum Gasteiger partial charge on any atom is -0.448 e. The van der Waals surface area contributed by atoms with Crippen LogP contribution in [0.2, 0.25) is 0 Å². The molecule has 7 heteroatoms. The Bertz CT molecular complexity index is 62.8. The van der Waals surface area contributed by atoms with E-state index in [9.17, 15) is 12.9 Å². The van der Waals surface area contributed by atoms with Crippen LogP contribution in [0.1, 0.15) is 0 Å². The number of halogens is 5. The fraction of sp³-hybridized carbons (Fsp3) is 1.00. The van der Waals surface area contributed by atoms with E-state index in [2.05, 4.69) is 0 Å². The molecule has 0 atom stereocenters. The first kappa shape index (κ1) is 13.5. The van der Waals surface area contributed by atoms with E-state index >= 15 is 0 Å². The standard InChI is InChI=1S/CHBF3I2.K/c3-2(4,5)1(6)7;/h1H;/q-1;+1. The first-order valence-electron chi connectivity index (χ1n) is 1.42. The molecule has 44 valence electrons. The molecular weight excluding hydrogens is 373 g/mol. The quantitative estimate of drug-likeness (QED) is 0.333. The predicted molar refractivity (Wildman–Crippen MR) is 40.9 cm³/mol. The van der Waals surface area contributed by atoms with E-state index in [0.717, 1.165) is 0 Å². The van der Waals surface area contributed by atoms with E-state index in [-0.39, 0.29) is 51.4 Å². The van der Waals surface area contributed by atoms with Crippen molar-refractivity contribution < 1.29 is 64.3 Å². The van der Waals surface area contributed by atoms with E-state index in [1.807, 2.05) is 0 Å². The van der Waals surface area contributed by atoms with Gasteiger partial charge in [-0.3, -0.25) is 0 Å². The Morgan fingerprint density at radius 1 is 1.12 bits per heavy atom. The third-order valence-corrected chi connectivity index (χ3v) is 1.92. The van der Waals surface area contributed by atoms with E-state index in [1.165, 1.54) is 45.2 Å². The Morgan fingerprint density at radius 3 is 1.25 bits per heavy atom. The molecule has 0 aliphatic carbocycles. The molecule has 0 aromatic rings. The molecule has 0 radical (unpaired) electrons. The maximum Gasteiger partial charge on any atom is 1.00 e. The number of alkyl halides is 2.